The van der Waals surface area contributed by atoms with Crippen LogP contribution in [0.5, 0.6) is 0 Å². The molecular formula is C22H37N3O2. The van der Waals surface area contributed by atoms with Crippen molar-refractivity contribution in [2.45, 2.75) is 65.9 Å². The summed E-state index contributed by atoms with van der Waals surface area (Å²) < 4.78 is 5.50. The first-order valence-corrected chi connectivity index (χ1v) is 10.3. The molecule has 0 spiro atoms. The molecule has 2 aliphatic heterocycles. The summed E-state index contributed by atoms with van der Waals surface area (Å²) >= 11 is 0. The lowest BCUT2D eigenvalue weighted by molar-refractivity contribution is 0.0143. The summed E-state index contributed by atoms with van der Waals surface area (Å²) in [7, 11) is 0. The fourth-order valence-corrected chi connectivity index (χ4v) is 3.94. The highest BCUT2D eigenvalue weighted by atomic mass is 16.6. The van der Waals surface area contributed by atoms with E-state index in [-0.39, 0.29) is 6.09 Å². The lowest BCUT2D eigenvalue weighted by Gasteiger charge is -2.40. The predicted molar refractivity (Wildman–Crippen MR) is 112 cm³/mol. The average Bonchev–Trinajstić information content (AvgIpc) is 2.61. The van der Waals surface area contributed by atoms with E-state index < -0.39 is 5.60 Å². The minimum absolute atomic E-state index is 0.165. The third-order valence-corrected chi connectivity index (χ3v) is 5.36. The third kappa shape index (κ3) is 6.71. The summed E-state index contributed by atoms with van der Waals surface area (Å²) in [6, 6.07) is 0. The maximum absolute atomic E-state index is 12.2. The molecule has 0 aromatic heterocycles. The van der Waals surface area contributed by atoms with Gasteiger partial charge in [-0.1, -0.05) is 12.2 Å². The second kappa shape index (κ2) is 9.43. The molecule has 0 aromatic carbocycles. The molecule has 2 heterocycles. The number of carbonyl (C=O) groups excluding carboxylic acids is 1. The van der Waals surface area contributed by atoms with Crippen LogP contribution in [0.1, 0.15) is 60.3 Å². The standard InChI is InChI=1S/C22H37N3O2/c1-7-20(23-16-17(2)3)24-12-8-18(9-13-24)19-10-14-25(15-11-19)21(26)27-22(4,5)6/h7,16,18-19H,1,8-15H2,2-6H3/b23-20+. The molecular weight excluding hydrogens is 338 g/mol. The van der Waals surface area contributed by atoms with Gasteiger partial charge in [0, 0.05) is 32.4 Å². The van der Waals surface area contributed by atoms with Gasteiger partial charge in [-0.2, -0.15) is 0 Å². The Kier molecular flexibility index (Phi) is 7.51. The molecule has 0 unspecified atom stereocenters. The number of aliphatic imine (C=N–C) groups is 1. The Morgan fingerprint density at radius 1 is 1.00 bits per heavy atom. The molecule has 0 atom stereocenters. The zero-order valence-corrected chi connectivity index (χ0v) is 17.8. The predicted octanol–water partition coefficient (Wildman–Crippen LogP) is 4.85. The fraction of sp³-hybridized carbons (Fsp3) is 0.727. The number of hydrogen-bond donors (Lipinski definition) is 0. The second-order valence-electron chi connectivity index (χ2n) is 9.03. The molecule has 152 valence electrons. The van der Waals surface area contributed by atoms with E-state index in [1.54, 1.807) is 0 Å². The van der Waals surface area contributed by atoms with Crippen molar-refractivity contribution in [3.05, 3.63) is 24.4 Å². The van der Waals surface area contributed by atoms with Gasteiger partial charge in [0.25, 0.3) is 0 Å². The molecule has 2 saturated heterocycles. The van der Waals surface area contributed by atoms with Gasteiger partial charge >= 0.3 is 6.09 Å². The van der Waals surface area contributed by atoms with Crippen molar-refractivity contribution in [3.63, 3.8) is 0 Å². The molecule has 0 aliphatic carbocycles. The smallest absolute Gasteiger partial charge is 0.410 e. The van der Waals surface area contributed by atoms with E-state index in [9.17, 15) is 4.79 Å². The van der Waals surface area contributed by atoms with Crippen LogP contribution in [0.2, 0.25) is 0 Å². The van der Waals surface area contributed by atoms with Crippen LogP contribution in [-0.4, -0.2) is 53.5 Å². The van der Waals surface area contributed by atoms with Crippen molar-refractivity contribution in [3.8, 4) is 0 Å². The van der Waals surface area contributed by atoms with Crippen molar-refractivity contribution >= 4 is 11.9 Å². The number of amides is 1. The highest BCUT2D eigenvalue weighted by Gasteiger charge is 2.32. The molecule has 0 bridgehead atoms. The summed E-state index contributed by atoms with van der Waals surface area (Å²) in [4.78, 5) is 21.0. The minimum Gasteiger partial charge on any atom is -0.444 e. The topological polar surface area (TPSA) is 45.1 Å². The number of nitrogens with zero attached hydrogens (tertiary/aromatic N) is 3. The van der Waals surface area contributed by atoms with E-state index in [4.69, 9.17) is 4.74 Å². The zero-order valence-electron chi connectivity index (χ0n) is 17.8. The molecule has 27 heavy (non-hydrogen) atoms. The number of hydrogen-bond acceptors (Lipinski definition) is 3. The van der Waals surface area contributed by atoms with Crippen molar-refractivity contribution in [1.29, 1.82) is 0 Å². The number of rotatable bonds is 3. The molecule has 0 saturated carbocycles. The Balaban J connectivity index is 1.81. The summed E-state index contributed by atoms with van der Waals surface area (Å²) in [5, 5.41) is 0. The minimum atomic E-state index is -0.420. The van der Waals surface area contributed by atoms with Gasteiger partial charge < -0.3 is 14.5 Å². The Hall–Kier alpha value is -1.78. The molecule has 2 rings (SSSR count). The van der Waals surface area contributed by atoms with Crippen LogP contribution in [-0.2, 0) is 4.74 Å². The van der Waals surface area contributed by atoms with E-state index in [2.05, 4.69) is 30.3 Å². The summed E-state index contributed by atoms with van der Waals surface area (Å²) in [5.74, 6) is 2.44. The maximum atomic E-state index is 12.2. The van der Waals surface area contributed by atoms with E-state index in [0.29, 0.717) is 5.92 Å². The average molecular weight is 376 g/mol. The van der Waals surface area contributed by atoms with Gasteiger partial charge in [0.15, 0.2) is 0 Å². The second-order valence-corrected chi connectivity index (χ2v) is 9.03. The largest absolute Gasteiger partial charge is 0.444 e. The number of piperidine rings is 2. The molecule has 0 N–H and O–H groups in total. The first-order valence-electron chi connectivity index (χ1n) is 10.3. The summed E-state index contributed by atoms with van der Waals surface area (Å²) in [5.41, 5.74) is 0.775. The van der Waals surface area contributed by atoms with E-state index in [1.807, 2.05) is 37.9 Å². The number of ether oxygens (including phenoxy) is 1. The zero-order chi connectivity index (χ0) is 20.0. The number of carbonyl (C=O) groups is 1. The summed E-state index contributed by atoms with van der Waals surface area (Å²) in [6.07, 6.45) is 8.17. The molecule has 1 amide bonds. The SMILES string of the molecule is C=C/C(=N\C=C(C)C)N1CCC(C2CCN(C(=O)OC(C)(C)C)CC2)CC1. The van der Waals surface area contributed by atoms with Crippen molar-refractivity contribution in [2.75, 3.05) is 26.2 Å². The Morgan fingerprint density at radius 2 is 1.48 bits per heavy atom. The number of likely N-dealkylation sites (tertiary alicyclic amines) is 2. The van der Waals surface area contributed by atoms with Crippen LogP contribution >= 0.6 is 0 Å². The first kappa shape index (κ1) is 21.5. The van der Waals surface area contributed by atoms with Crippen LogP contribution in [0.15, 0.2) is 29.4 Å². The van der Waals surface area contributed by atoms with Gasteiger partial charge in [-0.3, -0.25) is 0 Å². The third-order valence-electron chi connectivity index (χ3n) is 5.36. The highest BCUT2D eigenvalue weighted by molar-refractivity contribution is 5.93. The van der Waals surface area contributed by atoms with E-state index in [0.717, 1.165) is 50.8 Å². The van der Waals surface area contributed by atoms with E-state index >= 15 is 0 Å². The maximum Gasteiger partial charge on any atom is 0.410 e. The van der Waals surface area contributed by atoms with Gasteiger partial charge in [0.05, 0.1) is 0 Å². The molecule has 2 fully saturated rings. The Bertz CT molecular complexity index is 569. The van der Waals surface area contributed by atoms with Crippen molar-refractivity contribution in [1.82, 2.24) is 9.80 Å². The lowest BCUT2D eigenvalue weighted by Crippen LogP contribution is -2.45. The van der Waals surface area contributed by atoms with Gasteiger partial charge in [-0.05, 0) is 78.2 Å². The normalized spacial score (nSPS) is 20.4. The molecule has 5 nitrogen and oxygen atoms in total. The van der Waals surface area contributed by atoms with Crippen LogP contribution in [0.4, 0.5) is 4.79 Å². The van der Waals surface area contributed by atoms with E-state index in [1.165, 1.54) is 18.4 Å². The van der Waals surface area contributed by atoms with Gasteiger partial charge in [0.2, 0.25) is 0 Å². The fourth-order valence-electron chi connectivity index (χ4n) is 3.94. The number of amidine groups is 1. The molecule has 0 radical (unpaired) electrons. The van der Waals surface area contributed by atoms with Crippen molar-refractivity contribution < 1.29 is 9.53 Å². The van der Waals surface area contributed by atoms with Crippen molar-refractivity contribution in [2.24, 2.45) is 16.8 Å². The number of allylic oxidation sites excluding steroid dienone is 1. The monoisotopic (exact) mass is 375 g/mol. The van der Waals surface area contributed by atoms with Crippen LogP contribution in [0.25, 0.3) is 0 Å². The van der Waals surface area contributed by atoms with Crippen LogP contribution < -0.4 is 0 Å². The summed E-state index contributed by atoms with van der Waals surface area (Å²) in [6.45, 7) is 17.5. The Labute approximate surface area is 165 Å². The van der Waals surface area contributed by atoms with Crippen LogP contribution in [0.3, 0.4) is 0 Å². The lowest BCUT2D eigenvalue weighted by atomic mass is 9.79. The quantitative estimate of drug-likeness (QED) is 0.523. The molecule has 0 aromatic rings. The molecule has 5 heteroatoms. The molecule has 2 aliphatic rings. The van der Waals surface area contributed by atoms with Gasteiger partial charge in [0.1, 0.15) is 11.4 Å². The Morgan fingerprint density at radius 3 is 1.89 bits per heavy atom. The van der Waals surface area contributed by atoms with Crippen LogP contribution in [0, 0.1) is 11.8 Å². The first-order chi connectivity index (χ1) is 12.7. The highest BCUT2D eigenvalue weighted by Crippen LogP contribution is 2.33. The van der Waals surface area contributed by atoms with Gasteiger partial charge in [-0.15, -0.1) is 0 Å². The van der Waals surface area contributed by atoms with Gasteiger partial charge in [-0.25, -0.2) is 9.79 Å².